The summed E-state index contributed by atoms with van der Waals surface area (Å²) < 4.78 is 79.5. The van der Waals surface area contributed by atoms with Crippen LogP contribution in [0.5, 0.6) is 0 Å². The van der Waals surface area contributed by atoms with E-state index in [4.69, 9.17) is 5.73 Å². The van der Waals surface area contributed by atoms with E-state index in [1.165, 1.54) is 18.2 Å². The Kier molecular flexibility index (Phi) is 8.76. The van der Waals surface area contributed by atoms with Crippen LogP contribution in [-0.4, -0.2) is 46.6 Å². The molecule has 0 radical (unpaired) electrons. The summed E-state index contributed by atoms with van der Waals surface area (Å²) in [5, 5.41) is 6.93. The second-order valence-corrected chi connectivity index (χ2v) is 11.2. The number of ketones is 1. The number of carbonyl (C=O) groups is 2. The molecule has 0 bridgehead atoms. The Morgan fingerprint density at radius 2 is 1.84 bits per heavy atom. The number of alkyl halides is 3. The van der Waals surface area contributed by atoms with Crippen LogP contribution in [0.25, 0.3) is 5.69 Å². The van der Waals surface area contributed by atoms with E-state index in [9.17, 15) is 35.7 Å². The van der Waals surface area contributed by atoms with E-state index < -0.39 is 51.0 Å². The molecule has 1 amide bonds. The molecule has 1 heterocycles. The van der Waals surface area contributed by atoms with Gasteiger partial charge in [0.15, 0.2) is 11.5 Å². The number of nitrogens with two attached hydrogens (primary N) is 1. The molecule has 0 unspecified atom stereocenters. The van der Waals surface area contributed by atoms with Crippen LogP contribution in [0, 0.1) is 5.41 Å². The number of carbonyl (C=O) groups excluding carboxylic acids is 2. The number of fused-ring (bicyclic) bond motifs is 1. The summed E-state index contributed by atoms with van der Waals surface area (Å²) in [4.78, 5) is 24.8. The maximum Gasteiger partial charge on any atom is 1.00 e. The fourth-order valence-electron chi connectivity index (χ4n) is 5.05. The van der Waals surface area contributed by atoms with Gasteiger partial charge in [0.2, 0.25) is 10.4 Å². The molecular formula is C23H26F3N4NaO6S. The predicted molar refractivity (Wildman–Crippen MR) is 124 cm³/mol. The average Bonchev–Trinajstić information content (AvgIpc) is 3.13. The van der Waals surface area contributed by atoms with Crippen molar-refractivity contribution in [2.45, 2.75) is 70.7 Å². The SMILES string of the molecule is CC1(C)CC(=O)c2c(C(F)(F)F)nn(-c3ccc(C(N)=O)c(NC4CCC(OS(=O)(=O)[O-])CC4)c3)c2C1.[Na+]. The zero-order chi connectivity index (χ0) is 27.3. The molecule has 15 heteroatoms. The Morgan fingerprint density at radius 1 is 1.21 bits per heavy atom. The van der Waals surface area contributed by atoms with Crippen molar-refractivity contribution in [1.82, 2.24) is 9.78 Å². The third kappa shape index (κ3) is 6.77. The molecule has 0 saturated heterocycles. The van der Waals surface area contributed by atoms with Crippen LogP contribution in [0.2, 0.25) is 0 Å². The molecule has 202 valence electrons. The van der Waals surface area contributed by atoms with Gasteiger partial charge >= 0.3 is 35.7 Å². The van der Waals surface area contributed by atoms with Crippen molar-refractivity contribution >= 4 is 27.8 Å². The van der Waals surface area contributed by atoms with Gasteiger partial charge in [0.05, 0.1) is 28.6 Å². The molecule has 10 nitrogen and oxygen atoms in total. The number of hydrogen-bond donors (Lipinski definition) is 2. The molecular weight excluding hydrogens is 540 g/mol. The number of rotatable bonds is 6. The van der Waals surface area contributed by atoms with Gasteiger partial charge in [-0.25, -0.2) is 13.1 Å². The van der Waals surface area contributed by atoms with Gasteiger partial charge in [-0.1, -0.05) is 13.8 Å². The number of Topliss-reactive ketones (excluding diaryl/α,β-unsaturated/α-hetero) is 1. The molecule has 0 aliphatic heterocycles. The Hall–Kier alpha value is -1.97. The summed E-state index contributed by atoms with van der Waals surface area (Å²) in [6.07, 6.45) is -4.10. The third-order valence-corrected chi connectivity index (χ3v) is 7.12. The first-order valence-electron chi connectivity index (χ1n) is 11.6. The number of benzene rings is 1. The summed E-state index contributed by atoms with van der Waals surface area (Å²) in [6.45, 7) is 3.58. The summed E-state index contributed by atoms with van der Waals surface area (Å²) in [7, 11) is -4.83. The van der Waals surface area contributed by atoms with E-state index in [2.05, 4.69) is 14.6 Å². The molecule has 1 aromatic heterocycles. The maximum atomic E-state index is 13.8. The molecule has 0 spiro atoms. The Morgan fingerprint density at radius 3 is 2.39 bits per heavy atom. The van der Waals surface area contributed by atoms with E-state index in [0.29, 0.717) is 12.8 Å². The number of nitrogens with one attached hydrogen (secondary N) is 1. The van der Waals surface area contributed by atoms with E-state index in [0.717, 1.165) is 4.68 Å². The number of aromatic nitrogens is 2. The normalized spacial score (nSPS) is 21.4. The Labute approximate surface area is 239 Å². The average molecular weight is 567 g/mol. The van der Waals surface area contributed by atoms with Crippen LogP contribution in [0.15, 0.2) is 18.2 Å². The number of amides is 1. The summed E-state index contributed by atoms with van der Waals surface area (Å²) in [5.74, 6) is -1.39. The minimum absolute atomic E-state index is 0. The smallest absolute Gasteiger partial charge is 0.726 e. The molecule has 2 aromatic rings. The van der Waals surface area contributed by atoms with Crippen LogP contribution in [0.3, 0.4) is 0 Å². The third-order valence-electron chi connectivity index (χ3n) is 6.61. The van der Waals surface area contributed by atoms with Crippen molar-refractivity contribution in [3.63, 3.8) is 0 Å². The topological polar surface area (TPSA) is 156 Å². The van der Waals surface area contributed by atoms with Crippen LogP contribution in [0.1, 0.15) is 78.1 Å². The second-order valence-electron chi connectivity index (χ2n) is 10.2. The summed E-state index contributed by atoms with van der Waals surface area (Å²) in [6, 6.07) is 3.98. The van der Waals surface area contributed by atoms with Gasteiger partial charge in [-0.05, 0) is 55.7 Å². The zero-order valence-corrected chi connectivity index (χ0v) is 23.9. The quantitative estimate of drug-likeness (QED) is 0.288. The predicted octanol–water partition coefficient (Wildman–Crippen LogP) is 0.349. The first kappa shape index (κ1) is 30.6. The molecule has 3 N–H and O–H groups in total. The van der Waals surface area contributed by atoms with Crippen LogP contribution < -0.4 is 40.6 Å². The number of halogens is 3. The fraction of sp³-hybridized carbons (Fsp3) is 0.522. The van der Waals surface area contributed by atoms with Crippen molar-refractivity contribution in [3.8, 4) is 5.69 Å². The van der Waals surface area contributed by atoms with Crippen LogP contribution in [0.4, 0.5) is 18.9 Å². The molecule has 2 aliphatic carbocycles. The van der Waals surface area contributed by atoms with Crippen molar-refractivity contribution in [2.75, 3.05) is 5.32 Å². The second kappa shape index (κ2) is 10.9. The molecule has 1 aromatic carbocycles. The minimum Gasteiger partial charge on any atom is -0.726 e. The number of nitrogens with zero attached hydrogens (tertiary/aromatic N) is 2. The van der Waals surface area contributed by atoms with Gasteiger partial charge in [-0.15, -0.1) is 0 Å². The first-order valence-corrected chi connectivity index (χ1v) is 12.9. The summed E-state index contributed by atoms with van der Waals surface area (Å²) >= 11 is 0. The van der Waals surface area contributed by atoms with E-state index >= 15 is 0 Å². The van der Waals surface area contributed by atoms with Gasteiger partial charge in [-0.2, -0.15) is 18.3 Å². The van der Waals surface area contributed by atoms with E-state index in [1.807, 2.05) is 0 Å². The van der Waals surface area contributed by atoms with Crippen LogP contribution in [-0.2, 0) is 27.2 Å². The van der Waals surface area contributed by atoms with Crippen molar-refractivity contribution in [1.29, 1.82) is 0 Å². The molecule has 0 atom stereocenters. The first-order chi connectivity index (χ1) is 17.0. The van der Waals surface area contributed by atoms with Gasteiger partial charge in [0, 0.05) is 18.2 Å². The zero-order valence-electron chi connectivity index (χ0n) is 21.1. The number of anilines is 1. The van der Waals surface area contributed by atoms with Gasteiger partial charge in [0.1, 0.15) is 0 Å². The number of primary amides is 1. The monoisotopic (exact) mass is 566 g/mol. The standard InChI is InChI=1S/C23H27F3N4O6S.Na/c1-22(2)10-17-19(18(31)11-22)20(23(24,25)26)29-30(17)13-5-8-15(21(27)32)16(9-13)28-12-3-6-14(7-4-12)36-37(33,34)35;/h5,8-9,12,14,28H,3-4,6-7,10-11H2,1-2H3,(H2,27,32)(H,33,34,35);/q;+1/p-1. The minimum atomic E-state index is -4.83. The molecule has 4 rings (SSSR count). The van der Waals surface area contributed by atoms with E-state index in [-0.39, 0.29) is 83.9 Å². The summed E-state index contributed by atoms with van der Waals surface area (Å²) in [5.41, 5.74) is 3.95. The number of hydrogen-bond acceptors (Lipinski definition) is 8. The van der Waals surface area contributed by atoms with E-state index in [1.54, 1.807) is 13.8 Å². The van der Waals surface area contributed by atoms with Crippen molar-refractivity contribution < 1.29 is 69.5 Å². The molecule has 38 heavy (non-hydrogen) atoms. The van der Waals surface area contributed by atoms with Crippen molar-refractivity contribution in [2.24, 2.45) is 11.1 Å². The maximum absolute atomic E-state index is 13.8. The molecule has 2 aliphatic rings. The van der Waals surface area contributed by atoms with Gasteiger partial charge in [-0.3, -0.25) is 13.8 Å². The largest absolute Gasteiger partial charge is 1.00 e. The fourth-order valence-corrected chi connectivity index (χ4v) is 5.57. The van der Waals surface area contributed by atoms with Crippen molar-refractivity contribution in [3.05, 3.63) is 40.7 Å². The Balaban J connectivity index is 0.00000400. The molecule has 1 saturated carbocycles. The van der Waals surface area contributed by atoms with Crippen LogP contribution >= 0.6 is 0 Å². The van der Waals surface area contributed by atoms with Gasteiger partial charge < -0.3 is 15.6 Å². The van der Waals surface area contributed by atoms with Gasteiger partial charge in [0.25, 0.3) is 5.91 Å². The molecule has 1 fully saturated rings. The Bertz CT molecular complexity index is 1350.